The molecule has 3 aromatic rings. The summed E-state index contributed by atoms with van der Waals surface area (Å²) in [4.78, 5) is 6.76. The number of alkyl halides is 3. The van der Waals surface area contributed by atoms with Crippen molar-refractivity contribution < 1.29 is 13.2 Å². The van der Waals surface area contributed by atoms with Gasteiger partial charge in [-0.15, -0.1) is 0 Å². The van der Waals surface area contributed by atoms with E-state index in [2.05, 4.69) is 34.1 Å². The molecule has 0 bridgehead atoms. The number of pyridine rings is 1. The van der Waals surface area contributed by atoms with Crippen LogP contribution >= 0.6 is 0 Å². The molecule has 1 fully saturated rings. The number of hydrogen-bond acceptors (Lipinski definition) is 2. The molecule has 1 aliphatic rings. The van der Waals surface area contributed by atoms with Gasteiger partial charge in [0.1, 0.15) is 0 Å². The summed E-state index contributed by atoms with van der Waals surface area (Å²) in [6, 6.07) is 16.2. The molecule has 0 radical (unpaired) electrons. The molecule has 1 aromatic heterocycles. The van der Waals surface area contributed by atoms with Crippen LogP contribution in [0.15, 0.2) is 60.8 Å². The van der Waals surface area contributed by atoms with E-state index in [1.54, 1.807) is 6.20 Å². The Bertz CT molecular complexity index is 944. The van der Waals surface area contributed by atoms with E-state index in [0.717, 1.165) is 61.4 Å². The Morgan fingerprint density at radius 3 is 2.57 bits per heavy atom. The molecule has 0 atom stereocenters. The van der Waals surface area contributed by atoms with Gasteiger partial charge in [-0.25, -0.2) is 0 Å². The quantitative estimate of drug-likeness (QED) is 0.576. The third kappa shape index (κ3) is 4.36. The van der Waals surface area contributed by atoms with E-state index in [-0.39, 0.29) is 5.92 Å². The lowest BCUT2D eigenvalue weighted by Crippen LogP contribution is -2.34. The number of halogens is 3. The predicted octanol–water partition coefficient (Wildman–Crippen LogP) is 5.68. The van der Waals surface area contributed by atoms with Crippen molar-refractivity contribution in [1.82, 2.24) is 9.88 Å². The van der Waals surface area contributed by atoms with Crippen LogP contribution in [0.2, 0.25) is 0 Å². The van der Waals surface area contributed by atoms with Crippen LogP contribution in [0.4, 0.5) is 13.2 Å². The summed E-state index contributed by atoms with van der Waals surface area (Å²) in [5, 5.41) is 1.16. The molecule has 28 heavy (non-hydrogen) atoms. The highest BCUT2D eigenvalue weighted by Crippen LogP contribution is 2.34. The molecular weight excluding hydrogens is 361 g/mol. The maximum absolute atomic E-state index is 12.9. The van der Waals surface area contributed by atoms with Gasteiger partial charge in [-0.2, -0.15) is 13.2 Å². The number of nitrogens with zero attached hydrogens (tertiary/aromatic N) is 2. The molecule has 0 N–H and O–H groups in total. The second-order valence-electron chi connectivity index (χ2n) is 7.52. The summed E-state index contributed by atoms with van der Waals surface area (Å²) in [7, 11) is 0. The fourth-order valence-corrected chi connectivity index (χ4v) is 4.03. The van der Waals surface area contributed by atoms with Gasteiger partial charge in [-0.3, -0.25) is 4.98 Å². The topological polar surface area (TPSA) is 16.1 Å². The van der Waals surface area contributed by atoms with Crippen molar-refractivity contribution in [3.05, 3.63) is 77.5 Å². The van der Waals surface area contributed by atoms with E-state index < -0.39 is 11.7 Å². The minimum atomic E-state index is -4.27. The van der Waals surface area contributed by atoms with Crippen LogP contribution in [0.25, 0.3) is 10.9 Å². The Kier molecular flexibility index (Phi) is 5.36. The average molecular weight is 384 g/mol. The highest BCUT2D eigenvalue weighted by molar-refractivity contribution is 5.78. The van der Waals surface area contributed by atoms with Crippen molar-refractivity contribution in [2.45, 2.75) is 31.4 Å². The first kappa shape index (κ1) is 18.9. The molecule has 146 valence electrons. The number of benzene rings is 2. The van der Waals surface area contributed by atoms with Gasteiger partial charge in [0.05, 0.1) is 11.1 Å². The highest BCUT2D eigenvalue weighted by atomic mass is 19.4. The van der Waals surface area contributed by atoms with Crippen LogP contribution in [-0.2, 0) is 12.6 Å². The molecule has 0 saturated carbocycles. The molecule has 4 rings (SSSR count). The minimum Gasteiger partial charge on any atom is -0.303 e. The molecule has 0 amide bonds. The lowest BCUT2D eigenvalue weighted by atomic mass is 9.88. The third-order valence-electron chi connectivity index (χ3n) is 5.66. The van der Waals surface area contributed by atoms with Gasteiger partial charge in [0.2, 0.25) is 0 Å². The summed E-state index contributed by atoms with van der Waals surface area (Å²) in [6.45, 7) is 2.83. The monoisotopic (exact) mass is 384 g/mol. The Labute approximate surface area is 163 Å². The van der Waals surface area contributed by atoms with Crippen LogP contribution in [0.3, 0.4) is 0 Å². The van der Waals surface area contributed by atoms with Gasteiger partial charge in [0.25, 0.3) is 0 Å². The van der Waals surface area contributed by atoms with E-state index >= 15 is 0 Å². The second-order valence-corrected chi connectivity index (χ2v) is 7.52. The van der Waals surface area contributed by atoms with E-state index in [4.69, 9.17) is 0 Å². The van der Waals surface area contributed by atoms with Crippen molar-refractivity contribution in [3.8, 4) is 0 Å². The van der Waals surface area contributed by atoms with Crippen molar-refractivity contribution >= 4 is 10.9 Å². The number of fused-ring (bicyclic) bond motifs is 1. The summed E-state index contributed by atoms with van der Waals surface area (Å²) in [5.74, 6) is 0.213. The van der Waals surface area contributed by atoms with Crippen LogP contribution < -0.4 is 0 Å². The summed E-state index contributed by atoms with van der Waals surface area (Å²) in [6.07, 6.45) is 0.313. The van der Waals surface area contributed by atoms with E-state index in [1.807, 2.05) is 12.1 Å². The number of piperidine rings is 1. The maximum Gasteiger partial charge on any atom is 0.416 e. The fraction of sp³-hybridized carbons (Fsp3) is 0.348. The lowest BCUT2D eigenvalue weighted by Gasteiger charge is -2.32. The molecule has 0 aliphatic carbocycles. The fourth-order valence-electron chi connectivity index (χ4n) is 4.03. The molecule has 0 unspecified atom stereocenters. The molecule has 2 heterocycles. The maximum atomic E-state index is 12.9. The number of likely N-dealkylation sites (tertiary alicyclic amines) is 1. The minimum absolute atomic E-state index is 0.213. The van der Waals surface area contributed by atoms with Crippen LogP contribution in [0.1, 0.15) is 35.4 Å². The van der Waals surface area contributed by atoms with Gasteiger partial charge >= 0.3 is 6.18 Å². The first-order valence-corrected chi connectivity index (χ1v) is 9.72. The van der Waals surface area contributed by atoms with Crippen molar-refractivity contribution in [2.75, 3.05) is 19.6 Å². The zero-order valence-electron chi connectivity index (χ0n) is 15.6. The second kappa shape index (κ2) is 7.92. The summed E-state index contributed by atoms with van der Waals surface area (Å²) < 4.78 is 38.8. The first-order chi connectivity index (χ1) is 13.5. The van der Waals surface area contributed by atoms with Crippen molar-refractivity contribution in [3.63, 3.8) is 0 Å². The standard InChI is InChI=1S/C23H23F3N2/c24-23(25,26)21-5-1-3-19(16-21)18-9-13-28(14-10-18)12-8-17-6-7-22-20(15-17)4-2-11-27-22/h1-7,11,15-16,18H,8-10,12-14H2. The largest absolute Gasteiger partial charge is 0.416 e. The molecule has 1 saturated heterocycles. The number of rotatable bonds is 4. The van der Waals surface area contributed by atoms with Gasteiger partial charge in [-0.1, -0.05) is 30.3 Å². The predicted molar refractivity (Wildman–Crippen MR) is 105 cm³/mol. The lowest BCUT2D eigenvalue weighted by molar-refractivity contribution is -0.137. The van der Waals surface area contributed by atoms with Crippen LogP contribution in [0.5, 0.6) is 0 Å². The van der Waals surface area contributed by atoms with Gasteiger partial charge in [-0.05, 0) is 73.7 Å². The molecule has 5 heteroatoms. The normalized spacial score (nSPS) is 16.5. The molecule has 2 nitrogen and oxygen atoms in total. The number of hydrogen-bond donors (Lipinski definition) is 0. The zero-order valence-corrected chi connectivity index (χ0v) is 15.6. The average Bonchev–Trinajstić information content (AvgIpc) is 2.72. The first-order valence-electron chi connectivity index (χ1n) is 9.72. The van der Waals surface area contributed by atoms with E-state index in [9.17, 15) is 13.2 Å². The van der Waals surface area contributed by atoms with Gasteiger partial charge in [0.15, 0.2) is 0 Å². The number of aromatic nitrogens is 1. The highest BCUT2D eigenvalue weighted by Gasteiger charge is 2.31. The Balaban J connectivity index is 1.33. The third-order valence-corrected chi connectivity index (χ3v) is 5.66. The summed E-state index contributed by atoms with van der Waals surface area (Å²) >= 11 is 0. The van der Waals surface area contributed by atoms with Crippen LogP contribution in [-0.4, -0.2) is 29.5 Å². The Hall–Kier alpha value is -2.40. The Morgan fingerprint density at radius 1 is 0.964 bits per heavy atom. The summed E-state index contributed by atoms with van der Waals surface area (Å²) in [5.41, 5.74) is 2.57. The molecule has 2 aromatic carbocycles. The smallest absolute Gasteiger partial charge is 0.303 e. The van der Waals surface area contributed by atoms with Crippen molar-refractivity contribution in [1.29, 1.82) is 0 Å². The van der Waals surface area contributed by atoms with E-state index in [0.29, 0.717) is 0 Å². The molecule has 0 spiro atoms. The van der Waals surface area contributed by atoms with Crippen molar-refractivity contribution in [2.24, 2.45) is 0 Å². The molecular formula is C23H23F3N2. The van der Waals surface area contributed by atoms with E-state index in [1.165, 1.54) is 17.7 Å². The molecule has 1 aliphatic heterocycles. The van der Waals surface area contributed by atoms with Gasteiger partial charge < -0.3 is 4.90 Å². The SMILES string of the molecule is FC(F)(F)c1cccc(C2CCN(CCc3ccc4ncccc4c3)CC2)c1. The van der Waals surface area contributed by atoms with Crippen LogP contribution in [0, 0.1) is 0 Å². The Morgan fingerprint density at radius 2 is 1.79 bits per heavy atom. The zero-order chi connectivity index (χ0) is 19.6. The van der Waals surface area contributed by atoms with Gasteiger partial charge in [0, 0.05) is 18.1 Å².